The van der Waals surface area contributed by atoms with Gasteiger partial charge in [0.15, 0.2) is 5.78 Å². The lowest BCUT2D eigenvalue weighted by molar-refractivity contribution is 0.0924. The number of fused-ring (bicyclic) bond motifs is 1. The molecular weight excluding hydrogens is 333 g/mol. The summed E-state index contributed by atoms with van der Waals surface area (Å²) in [6.07, 6.45) is 0. The number of imide groups is 1. The standard InChI is InChI=1S/C21H12FNO3/c22-17-12-6-11-16(19(24)13-7-2-1-3-8-13)18(17)23-20(25)14-9-4-5-10-15(14)21(23)26/h1-12H. The van der Waals surface area contributed by atoms with Gasteiger partial charge in [-0.3, -0.25) is 14.4 Å². The van der Waals surface area contributed by atoms with Crippen LogP contribution in [0.25, 0.3) is 0 Å². The van der Waals surface area contributed by atoms with Gasteiger partial charge >= 0.3 is 0 Å². The van der Waals surface area contributed by atoms with E-state index in [1.54, 1.807) is 42.5 Å². The summed E-state index contributed by atoms with van der Waals surface area (Å²) in [4.78, 5) is 39.0. The molecule has 0 aliphatic carbocycles. The normalized spacial score (nSPS) is 13.0. The fraction of sp³-hybridized carbons (Fsp3) is 0. The zero-order valence-corrected chi connectivity index (χ0v) is 13.5. The first kappa shape index (κ1) is 15.9. The maximum absolute atomic E-state index is 14.6. The summed E-state index contributed by atoms with van der Waals surface area (Å²) < 4.78 is 14.6. The average molecular weight is 345 g/mol. The largest absolute Gasteiger partial charge is 0.289 e. The average Bonchev–Trinajstić information content (AvgIpc) is 2.93. The monoisotopic (exact) mass is 345 g/mol. The Kier molecular flexibility index (Phi) is 3.69. The summed E-state index contributed by atoms with van der Waals surface area (Å²) in [5.74, 6) is -2.55. The minimum absolute atomic E-state index is 0.0364. The van der Waals surface area contributed by atoms with Gasteiger partial charge in [0.05, 0.1) is 16.8 Å². The highest BCUT2D eigenvalue weighted by Gasteiger charge is 2.39. The van der Waals surface area contributed by atoms with Crippen molar-refractivity contribution in [1.29, 1.82) is 0 Å². The quantitative estimate of drug-likeness (QED) is 0.535. The maximum Gasteiger partial charge on any atom is 0.266 e. The lowest BCUT2D eigenvalue weighted by Crippen LogP contribution is -2.32. The summed E-state index contributed by atoms with van der Waals surface area (Å²) >= 11 is 0. The predicted octanol–water partition coefficient (Wildman–Crippen LogP) is 3.86. The second kappa shape index (κ2) is 6.04. The van der Waals surface area contributed by atoms with Crippen LogP contribution in [0.5, 0.6) is 0 Å². The van der Waals surface area contributed by atoms with Crippen LogP contribution in [0.3, 0.4) is 0 Å². The second-order valence-electron chi connectivity index (χ2n) is 5.82. The first-order valence-electron chi connectivity index (χ1n) is 7.95. The van der Waals surface area contributed by atoms with Crippen LogP contribution in [-0.2, 0) is 0 Å². The van der Waals surface area contributed by atoms with Crippen molar-refractivity contribution < 1.29 is 18.8 Å². The molecule has 0 N–H and O–H groups in total. The fourth-order valence-electron chi connectivity index (χ4n) is 3.06. The van der Waals surface area contributed by atoms with Crippen molar-refractivity contribution in [2.75, 3.05) is 4.90 Å². The van der Waals surface area contributed by atoms with E-state index >= 15 is 0 Å². The van der Waals surface area contributed by atoms with Gasteiger partial charge in [-0.25, -0.2) is 9.29 Å². The van der Waals surface area contributed by atoms with Crippen molar-refractivity contribution in [1.82, 2.24) is 0 Å². The molecule has 0 atom stereocenters. The molecule has 126 valence electrons. The van der Waals surface area contributed by atoms with E-state index in [9.17, 15) is 18.8 Å². The molecule has 5 heteroatoms. The Morgan fingerprint density at radius 2 is 1.31 bits per heavy atom. The molecule has 0 saturated heterocycles. The van der Waals surface area contributed by atoms with Gasteiger partial charge in [0.2, 0.25) is 0 Å². The van der Waals surface area contributed by atoms with Gasteiger partial charge in [0.25, 0.3) is 11.8 Å². The summed E-state index contributed by atoms with van der Waals surface area (Å²) in [5.41, 5.74) is 0.381. The first-order valence-corrected chi connectivity index (χ1v) is 7.95. The van der Waals surface area contributed by atoms with Crippen molar-refractivity contribution >= 4 is 23.3 Å². The molecule has 3 aromatic rings. The third-order valence-electron chi connectivity index (χ3n) is 4.29. The number of rotatable bonds is 3. The van der Waals surface area contributed by atoms with Crippen LogP contribution in [0.2, 0.25) is 0 Å². The van der Waals surface area contributed by atoms with Crippen LogP contribution in [0.1, 0.15) is 36.6 Å². The number of benzene rings is 3. The molecule has 1 aliphatic rings. The molecular formula is C21H12FNO3. The van der Waals surface area contributed by atoms with Gasteiger partial charge in [-0.05, 0) is 24.3 Å². The molecule has 0 bridgehead atoms. The van der Waals surface area contributed by atoms with Gasteiger partial charge in [0.1, 0.15) is 5.82 Å². The van der Waals surface area contributed by atoms with Gasteiger partial charge in [0, 0.05) is 11.1 Å². The number of amides is 2. The Bertz CT molecular complexity index is 1020. The molecule has 2 amide bonds. The minimum atomic E-state index is -0.804. The van der Waals surface area contributed by atoms with E-state index in [4.69, 9.17) is 0 Å². The number of anilines is 1. The molecule has 0 unspecified atom stereocenters. The SMILES string of the molecule is O=C(c1ccccc1)c1cccc(F)c1N1C(=O)c2ccccc2C1=O. The Morgan fingerprint density at radius 1 is 0.731 bits per heavy atom. The number of ketones is 1. The van der Waals surface area contributed by atoms with Crippen LogP contribution in [0, 0.1) is 5.82 Å². The Balaban J connectivity index is 1.88. The highest BCUT2D eigenvalue weighted by molar-refractivity contribution is 6.35. The zero-order chi connectivity index (χ0) is 18.3. The van der Waals surface area contributed by atoms with Crippen molar-refractivity contribution in [3.63, 3.8) is 0 Å². The molecule has 1 heterocycles. The van der Waals surface area contributed by atoms with Crippen LogP contribution >= 0.6 is 0 Å². The van der Waals surface area contributed by atoms with E-state index < -0.39 is 23.4 Å². The lowest BCUT2D eigenvalue weighted by Gasteiger charge is -2.18. The van der Waals surface area contributed by atoms with Crippen molar-refractivity contribution in [2.24, 2.45) is 0 Å². The van der Waals surface area contributed by atoms with Gasteiger partial charge in [-0.1, -0.05) is 48.5 Å². The van der Waals surface area contributed by atoms with E-state index in [0.29, 0.717) is 5.56 Å². The van der Waals surface area contributed by atoms with E-state index in [1.807, 2.05) is 0 Å². The van der Waals surface area contributed by atoms with Crippen LogP contribution in [-0.4, -0.2) is 17.6 Å². The third kappa shape index (κ3) is 2.33. The Labute approximate surface area is 148 Å². The van der Waals surface area contributed by atoms with Gasteiger partial charge in [-0.15, -0.1) is 0 Å². The third-order valence-corrected chi connectivity index (χ3v) is 4.29. The number of carbonyl (C=O) groups is 3. The highest BCUT2D eigenvalue weighted by atomic mass is 19.1. The predicted molar refractivity (Wildman–Crippen MR) is 93.9 cm³/mol. The molecule has 0 saturated carbocycles. The summed E-state index contributed by atoms with van der Waals surface area (Å²) in [5, 5.41) is 0. The van der Waals surface area contributed by atoms with Crippen LogP contribution in [0.4, 0.5) is 10.1 Å². The molecule has 4 nitrogen and oxygen atoms in total. The number of hydrogen-bond donors (Lipinski definition) is 0. The second-order valence-corrected chi connectivity index (χ2v) is 5.82. The maximum atomic E-state index is 14.6. The molecule has 4 rings (SSSR count). The number of halogens is 1. The molecule has 3 aromatic carbocycles. The number of nitrogens with zero attached hydrogens (tertiary/aromatic N) is 1. The molecule has 1 aliphatic heterocycles. The topological polar surface area (TPSA) is 54.5 Å². The molecule has 0 spiro atoms. The highest BCUT2D eigenvalue weighted by Crippen LogP contribution is 2.33. The number of carbonyl (C=O) groups excluding carboxylic acids is 3. The van der Waals surface area contributed by atoms with Gasteiger partial charge < -0.3 is 0 Å². The molecule has 26 heavy (non-hydrogen) atoms. The Morgan fingerprint density at radius 3 is 1.92 bits per heavy atom. The smallest absolute Gasteiger partial charge is 0.266 e. The fourth-order valence-corrected chi connectivity index (χ4v) is 3.06. The Hall–Kier alpha value is -3.60. The van der Waals surface area contributed by atoms with E-state index in [-0.39, 0.29) is 22.4 Å². The molecule has 0 aromatic heterocycles. The van der Waals surface area contributed by atoms with E-state index in [1.165, 1.54) is 24.3 Å². The minimum Gasteiger partial charge on any atom is -0.289 e. The van der Waals surface area contributed by atoms with Gasteiger partial charge in [-0.2, -0.15) is 0 Å². The first-order chi connectivity index (χ1) is 12.6. The van der Waals surface area contributed by atoms with Crippen molar-refractivity contribution in [3.8, 4) is 0 Å². The summed E-state index contributed by atoms with van der Waals surface area (Å²) in [7, 11) is 0. The number of hydrogen-bond acceptors (Lipinski definition) is 3. The van der Waals surface area contributed by atoms with Crippen LogP contribution < -0.4 is 4.90 Å². The molecule has 0 radical (unpaired) electrons. The summed E-state index contributed by atoms with van der Waals surface area (Å²) in [6.45, 7) is 0. The number of para-hydroxylation sites is 1. The van der Waals surface area contributed by atoms with E-state index in [2.05, 4.69) is 0 Å². The zero-order valence-electron chi connectivity index (χ0n) is 13.5. The summed E-state index contributed by atoms with van der Waals surface area (Å²) in [6, 6.07) is 18.5. The van der Waals surface area contributed by atoms with E-state index in [0.717, 1.165) is 11.0 Å². The van der Waals surface area contributed by atoms with Crippen molar-refractivity contribution in [3.05, 3.63) is 101 Å². The molecule has 0 fully saturated rings. The van der Waals surface area contributed by atoms with Crippen molar-refractivity contribution in [2.45, 2.75) is 0 Å². The lowest BCUT2D eigenvalue weighted by atomic mass is 10.0. The van der Waals surface area contributed by atoms with Crippen LogP contribution in [0.15, 0.2) is 72.8 Å².